The number of fused-ring (bicyclic) bond motifs is 1. The van der Waals surface area contributed by atoms with Crippen LogP contribution in [0.15, 0.2) is 30.5 Å². The number of H-pyrrole nitrogens is 1. The third-order valence-electron chi connectivity index (χ3n) is 5.49. The molecule has 4 unspecified atom stereocenters. The van der Waals surface area contributed by atoms with Crippen molar-refractivity contribution in [3.8, 4) is 0 Å². The highest BCUT2D eigenvalue weighted by molar-refractivity contribution is 5.97. The first-order valence-corrected chi connectivity index (χ1v) is 11.4. The highest BCUT2D eigenvalue weighted by atomic mass is 16.4. The molecule has 4 amide bonds. The van der Waals surface area contributed by atoms with Gasteiger partial charge in [0.2, 0.25) is 23.6 Å². The van der Waals surface area contributed by atoms with E-state index in [4.69, 9.17) is 16.6 Å². The molecular weight excluding hydrogens is 520 g/mol. The van der Waals surface area contributed by atoms with Gasteiger partial charge in [-0.05, 0) is 11.6 Å². The van der Waals surface area contributed by atoms with Crippen molar-refractivity contribution in [3.63, 3.8) is 0 Å². The Morgan fingerprint density at radius 1 is 0.769 bits per heavy atom. The van der Waals surface area contributed by atoms with Gasteiger partial charge in [-0.1, -0.05) is 18.2 Å². The number of hydrogen-bond donors (Lipinski definition) is 9. The van der Waals surface area contributed by atoms with E-state index in [0.717, 1.165) is 0 Å². The number of aromatic nitrogens is 1. The Kier molecular flexibility index (Phi) is 10.5. The van der Waals surface area contributed by atoms with Crippen molar-refractivity contribution in [2.45, 2.75) is 49.9 Å². The number of carboxylic acid groups (broad SMARTS) is 3. The lowest BCUT2D eigenvalue weighted by atomic mass is 10.0. The van der Waals surface area contributed by atoms with E-state index in [1.807, 2.05) is 5.32 Å². The zero-order chi connectivity index (χ0) is 29.3. The van der Waals surface area contributed by atoms with E-state index in [-0.39, 0.29) is 6.42 Å². The molecule has 0 aliphatic carbocycles. The molecule has 0 saturated carbocycles. The van der Waals surface area contributed by atoms with Gasteiger partial charge in [0.1, 0.15) is 18.1 Å². The molecule has 0 aliphatic rings. The number of rotatable bonds is 15. The van der Waals surface area contributed by atoms with E-state index in [2.05, 4.69) is 15.6 Å². The fourth-order valence-electron chi connectivity index (χ4n) is 3.62. The second kappa shape index (κ2) is 13.5. The summed E-state index contributed by atoms with van der Waals surface area (Å²) in [6.45, 7) is 0. The Balaban J connectivity index is 2.32. The molecule has 0 fully saturated rings. The van der Waals surface area contributed by atoms with Gasteiger partial charge in [0, 0.05) is 23.5 Å². The maximum absolute atomic E-state index is 13.2. The SMILES string of the molecule is NC(=O)CC(N)C(=O)NC(Cc1c[nH]c2ccccc12)C(=O)NC(CC(=O)O)C(=O)NC(CC(=O)O)C(=O)O. The number of hydrogen-bond acceptors (Lipinski definition) is 8. The van der Waals surface area contributed by atoms with Crippen molar-refractivity contribution >= 4 is 52.4 Å². The number of carboxylic acids is 3. The molecule has 1 aromatic carbocycles. The first-order chi connectivity index (χ1) is 18.3. The van der Waals surface area contributed by atoms with Gasteiger partial charge in [-0.3, -0.25) is 28.8 Å². The quantitative estimate of drug-likeness (QED) is 0.111. The molecule has 16 heteroatoms. The van der Waals surface area contributed by atoms with Crippen molar-refractivity contribution in [2.75, 3.05) is 0 Å². The predicted octanol–water partition coefficient (Wildman–Crippen LogP) is -2.60. The van der Waals surface area contributed by atoms with Gasteiger partial charge in [-0.25, -0.2) is 4.79 Å². The Bertz CT molecular complexity index is 1280. The molecule has 0 spiro atoms. The van der Waals surface area contributed by atoms with Gasteiger partial charge in [0.05, 0.1) is 25.3 Å². The summed E-state index contributed by atoms with van der Waals surface area (Å²) >= 11 is 0. The van der Waals surface area contributed by atoms with Crippen LogP contribution in [0, 0.1) is 0 Å². The number of nitrogens with one attached hydrogen (secondary N) is 4. The van der Waals surface area contributed by atoms with Gasteiger partial charge in [0.25, 0.3) is 0 Å². The molecule has 39 heavy (non-hydrogen) atoms. The maximum Gasteiger partial charge on any atom is 0.326 e. The third-order valence-corrected chi connectivity index (χ3v) is 5.49. The van der Waals surface area contributed by atoms with Crippen LogP contribution in [0.2, 0.25) is 0 Å². The third kappa shape index (κ3) is 9.12. The lowest BCUT2D eigenvalue weighted by Gasteiger charge is -2.24. The van der Waals surface area contributed by atoms with Crippen LogP contribution in [-0.4, -0.2) is 86.0 Å². The van der Waals surface area contributed by atoms with Crippen LogP contribution in [0.1, 0.15) is 24.8 Å². The summed E-state index contributed by atoms with van der Waals surface area (Å²) in [5.74, 6) is -8.90. The van der Waals surface area contributed by atoms with E-state index in [9.17, 15) is 43.8 Å². The van der Waals surface area contributed by atoms with E-state index in [0.29, 0.717) is 16.5 Å². The number of carbonyl (C=O) groups excluding carboxylic acids is 4. The number of amides is 4. The lowest BCUT2D eigenvalue weighted by Crippen LogP contribution is -2.58. The number of aromatic amines is 1. The number of aliphatic carboxylic acids is 3. The molecule has 11 N–H and O–H groups in total. The summed E-state index contributed by atoms with van der Waals surface area (Å²) in [7, 11) is 0. The standard InChI is InChI=1S/C23H28N6O10/c24-12(6-17(25)30)20(35)27-14(5-10-9-26-13-4-2-1-3-11(10)13)21(36)28-15(7-18(31)32)22(37)29-16(23(38)39)8-19(33)34/h1-4,9,12,14-16,26H,5-8,24H2,(H2,25,30)(H,27,35)(H,28,36)(H,29,37)(H,31,32)(H,33,34)(H,38,39). The van der Waals surface area contributed by atoms with Crippen LogP contribution in [-0.2, 0) is 40.0 Å². The van der Waals surface area contributed by atoms with Crippen LogP contribution < -0.4 is 27.4 Å². The Labute approximate surface area is 220 Å². The van der Waals surface area contributed by atoms with Gasteiger partial charge in [0.15, 0.2) is 0 Å². The highest BCUT2D eigenvalue weighted by Gasteiger charge is 2.33. The van der Waals surface area contributed by atoms with E-state index < -0.39 is 85.0 Å². The van der Waals surface area contributed by atoms with E-state index in [1.54, 1.807) is 30.5 Å². The molecule has 1 aromatic heterocycles. The summed E-state index contributed by atoms with van der Waals surface area (Å²) in [4.78, 5) is 86.2. The Morgan fingerprint density at radius 3 is 1.90 bits per heavy atom. The van der Waals surface area contributed by atoms with Gasteiger partial charge in [-0.15, -0.1) is 0 Å². The molecule has 0 bridgehead atoms. The van der Waals surface area contributed by atoms with Gasteiger partial charge in [-0.2, -0.15) is 0 Å². The second-order valence-electron chi connectivity index (χ2n) is 8.56. The molecule has 210 valence electrons. The van der Waals surface area contributed by atoms with Crippen molar-refractivity contribution in [3.05, 3.63) is 36.0 Å². The van der Waals surface area contributed by atoms with Crippen LogP contribution in [0.25, 0.3) is 10.9 Å². The zero-order valence-electron chi connectivity index (χ0n) is 20.4. The van der Waals surface area contributed by atoms with Crippen LogP contribution in [0.5, 0.6) is 0 Å². The molecule has 2 rings (SSSR count). The Morgan fingerprint density at radius 2 is 1.31 bits per heavy atom. The smallest absolute Gasteiger partial charge is 0.326 e. The minimum absolute atomic E-state index is 0.164. The second-order valence-corrected chi connectivity index (χ2v) is 8.56. The minimum atomic E-state index is -1.91. The molecular formula is C23H28N6O10. The topological polar surface area (TPSA) is 284 Å². The molecule has 1 heterocycles. The Hall–Kier alpha value is -4.99. The minimum Gasteiger partial charge on any atom is -0.481 e. The van der Waals surface area contributed by atoms with E-state index >= 15 is 0 Å². The summed E-state index contributed by atoms with van der Waals surface area (Å²) in [5, 5.41) is 34.4. The first-order valence-electron chi connectivity index (χ1n) is 11.4. The fourth-order valence-corrected chi connectivity index (χ4v) is 3.62. The number of carbonyl (C=O) groups is 7. The molecule has 2 aromatic rings. The number of benzene rings is 1. The number of nitrogens with two attached hydrogens (primary N) is 2. The van der Waals surface area contributed by atoms with E-state index in [1.165, 1.54) is 0 Å². The van der Waals surface area contributed by atoms with Crippen molar-refractivity contribution in [1.82, 2.24) is 20.9 Å². The summed E-state index contributed by atoms with van der Waals surface area (Å²) < 4.78 is 0. The van der Waals surface area contributed by atoms with Crippen LogP contribution >= 0.6 is 0 Å². The molecule has 0 saturated heterocycles. The maximum atomic E-state index is 13.2. The zero-order valence-corrected chi connectivity index (χ0v) is 20.4. The normalized spacial score (nSPS) is 13.9. The average molecular weight is 549 g/mol. The number of para-hydroxylation sites is 1. The molecule has 4 atom stereocenters. The van der Waals surface area contributed by atoms with Gasteiger partial charge >= 0.3 is 17.9 Å². The van der Waals surface area contributed by atoms with Crippen LogP contribution in [0.4, 0.5) is 0 Å². The molecule has 16 nitrogen and oxygen atoms in total. The predicted molar refractivity (Wildman–Crippen MR) is 132 cm³/mol. The monoisotopic (exact) mass is 548 g/mol. The lowest BCUT2D eigenvalue weighted by molar-refractivity contribution is -0.148. The number of primary amides is 1. The summed E-state index contributed by atoms with van der Waals surface area (Å²) in [6.07, 6.45) is -1.12. The van der Waals surface area contributed by atoms with Crippen molar-refractivity contribution in [1.29, 1.82) is 0 Å². The largest absolute Gasteiger partial charge is 0.481 e. The van der Waals surface area contributed by atoms with Crippen molar-refractivity contribution < 1.29 is 48.9 Å². The highest BCUT2D eigenvalue weighted by Crippen LogP contribution is 2.19. The first kappa shape index (κ1) is 30.2. The molecule has 0 radical (unpaired) electrons. The summed E-state index contributed by atoms with van der Waals surface area (Å²) in [6, 6.07) is 0.412. The fraction of sp³-hybridized carbons (Fsp3) is 0.348. The van der Waals surface area contributed by atoms with Crippen LogP contribution in [0.3, 0.4) is 0 Å². The summed E-state index contributed by atoms with van der Waals surface area (Å²) in [5.41, 5.74) is 12.0. The van der Waals surface area contributed by atoms with Gasteiger partial charge < -0.3 is 47.7 Å². The average Bonchev–Trinajstić information content (AvgIpc) is 3.24. The van der Waals surface area contributed by atoms with Crippen molar-refractivity contribution in [2.24, 2.45) is 11.5 Å². The molecule has 0 aliphatic heterocycles.